The van der Waals surface area contributed by atoms with E-state index >= 15 is 0 Å². The Hall–Kier alpha value is -0.220. The molecule has 0 aliphatic carbocycles. The van der Waals surface area contributed by atoms with E-state index in [1.807, 2.05) is 4.90 Å². The zero-order valence-electron chi connectivity index (χ0n) is 9.99. The first-order valence-corrected chi connectivity index (χ1v) is 6.22. The molecular weight excluding hydrogens is 208 g/mol. The maximum atomic E-state index is 11.6. The van der Waals surface area contributed by atoms with Gasteiger partial charge in [0.25, 0.3) is 0 Å². The molecule has 0 spiro atoms. The third kappa shape index (κ3) is 3.68. The molecule has 1 fully saturated rings. The van der Waals surface area contributed by atoms with Gasteiger partial charge in [0.1, 0.15) is 0 Å². The van der Waals surface area contributed by atoms with E-state index in [4.69, 9.17) is 0 Å². The van der Waals surface area contributed by atoms with Crippen LogP contribution in [0.3, 0.4) is 0 Å². The number of carbonyl (C=O) groups is 1. The predicted octanol–water partition coefficient (Wildman–Crippen LogP) is 1.25. The minimum Gasteiger partial charge on any atom is -0.340 e. The van der Waals surface area contributed by atoms with Crippen LogP contribution in [0, 0.1) is 0 Å². The molecule has 0 radical (unpaired) electrons. The van der Waals surface area contributed by atoms with E-state index in [0.29, 0.717) is 12.2 Å². The Morgan fingerprint density at radius 1 is 1.20 bits per heavy atom. The Morgan fingerprint density at radius 3 is 2.13 bits per heavy atom. The third-order valence-corrected chi connectivity index (χ3v) is 3.13. The van der Waals surface area contributed by atoms with Crippen LogP contribution in [0.15, 0.2) is 0 Å². The monoisotopic (exact) mass is 230 g/mol. The normalized spacial score (nSPS) is 19.3. The van der Waals surface area contributed by atoms with Crippen LogP contribution in [-0.4, -0.2) is 53.2 Å². The number of hydrogen-bond donors (Lipinski definition) is 1. The zero-order chi connectivity index (χ0) is 11.5. The SMILES string of the molecule is CC(C)(C)N1CCN(C(=O)CCS)CC1. The average molecular weight is 230 g/mol. The molecule has 1 saturated heterocycles. The molecule has 0 aromatic heterocycles. The van der Waals surface area contributed by atoms with Crippen LogP contribution in [-0.2, 0) is 4.79 Å². The van der Waals surface area contributed by atoms with Crippen molar-refractivity contribution in [2.75, 3.05) is 31.9 Å². The molecule has 3 nitrogen and oxygen atoms in total. The number of nitrogens with zero attached hydrogens (tertiary/aromatic N) is 2. The van der Waals surface area contributed by atoms with Crippen molar-refractivity contribution < 1.29 is 4.79 Å². The summed E-state index contributed by atoms with van der Waals surface area (Å²) < 4.78 is 0. The number of rotatable bonds is 2. The Morgan fingerprint density at radius 2 is 1.73 bits per heavy atom. The fourth-order valence-electron chi connectivity index (χ4n) is 1.88. The summed E-state index contributed by atoms with van der Waals surface area (Å²) in [5.41, 5.74) is 0.221. The number of hydrogen-bond acceptors (Lipinski definition) is 3. The topological polar surface area (TPSA) is 23.6 Å². The molecule has 15 heavy (non-hydrogen) atoms. The van der Waals surface area contributed by atoms with Gasteiger partial charge in [-0.3, -0.25) is 9.69 Å². The minimum atomic E-state index is 0.221. The van der Waals surface area contributed by atoms with E-state index in [2.05, 4.69) is 38.3 Å². The predicted molar refractivity (Wildman–Crippen MR) is 66.4 cm³/mol. The fourth-order valence-corrected chi connectivity index (χ4v) is 2.07. The number of piperazine rings is 1. The largest absolute Gasteiger partial charge is 0.340 e. The molecule has 0 bridgehead atoms. The average Bonchev–Trinajstić information content (AvgIpc) is 2.17. The molecule has 88 valence electrons. The molecule has 0 atom stereocenters. The first kappa shape index (κ1) is 12.8. The molecule has 0 saturated carbocycles. The Labute approximate surface area is 98.2 Å². The molecule has 1 rings (SSSR count). The van der Waals surface area contributed by atoms with Crippen molar-refractivity contribution in [3.8, 4) is 0 Å². The van der Waals surface area contributed by atoms with E-state index in [1.54, 1.807) is 0 Å². The molecule has 0 unspecified atom stereocenters. The van der Waals surface area contributed by atoms with E-state index in [9.17, 15) is 4.79 Å². The van der Waals surface area contributed by atoms with Gasteiger partial charge in [0.05, 0.1) is 0 Å². The first-order chi connectivity index (χ1) is 6.95. The van der Waals surface area contributed by atoms with Gasteiger partial charge in [-0.05, 0) is 26.5 Å². The summed E-state index contributed by atoms with van der Waals surface area (Å²) in [4.78, 5) is 16.0. The number of amides is 1. The van der Waals surface area contributed by atoms with E-state index < -0.39 is 0 Å². The van der Waals surface area contributed by atoms with E-state index in [-0.39, 0.29) is 11.4 Å². The number of thiol groups is 1. The zero-order valence-corrected chi connectivity index (χ0v) is 10.9. The lowest BCUT2D eigenvalue weighted by molar-refractivity contribution is -0.133. The summed E-state index contributed by atoms with van der Waals surface area (Å²) in [6.07, 6.45) is 0.568. The van der Waals surface area contributed by atoms with Gasteiger partial charge < -0.3 is 4.90 Å². The van der Waals surface area contributed by atoms with Crippen molar-refractivity contribution in [2.45, 2.75) is 32.7 Å². The van der Waals surface area contributed by atoms with Crippen LogP contribution in [0.5, 0.6) is 0 Å². The highest BCUT2D eigenvalue weighted by atomic mass is 32.1. The maximum absolute atomic E-state index is 11.6. The van der Waals surface area contributed by atoms with Gasteiger partial charge in [-0.25, -0.2) is 0 Å². The third-order valence-electron chi connectivity index (χ3n) is 2.91. The summed E-state index contributed by atoms with van der Waals surface area (Å²) in [5.74, 6) is 0.900. The summed E-state index contributed by atoms with van der Waals surface area (Å²) >= 11 is 4.09. The fraction of sp³-hybridized carbons (Fsp3) is 0.909. The minimum absolute atomic E-state index is 0.221. The van der Waals surface area contributed by atoms with Crippen LogP contribution >= 0.6 is 12.6 Å². The highest BCUT2D eigenvalue weighted by Crippen LogP contribution is 2.16. The Balaban J connectivity index is 2.39. The highest BCUT2D eigenvalue weighted by Gasteiger charge is 2.27. The Kier molecular flexibility index (Phi) is 4.46. The molecule has 1 aliphatic rings. The summed E-state index contributed by atoms with van der Waals surface area (Å²) in [7, 11) is 0. The van der Waals surface area contributed by atoms with E-state index in [1.165, 1.54) is 0 Å². The molecule has 0 N–H and O–H groups in total. The lowest BCUT2D eigenvalue weighted by Crippen LogP contribution is -2.54. The maximum Gasteiger partial charge on any atom is 0.223 e. The molecule has 4 heteroatoms. The molecular formula is C11H22N2OS. The second kappa shape index (κ2) is 5.21. The standard InChI is InChI=1S/C11H22N2OS/c1-11(2,3)13-7-5-12(6-8-13)10(14)4-9-15/h15H,4-9H2,1-3H3. The van der Waals surface area contributed by atoms with Crippen molar-refractivity contribution in [3.63, 3.8) is 0 Å². The molecule has 1 heterocycles. The van der Waals surface area contributed by atoms with Crippen molar-refractivity contribution in [1.82, 2.24) is 9.80 Å². The van der Waals surface area contributed by atoms with Gasteiger partial charge >= 0.3 is 0 Å². The molecule has 1 aliphatic heterocycles. The van der Waals surface area contributed by atoms with Gasteiger partial charge in [-0.1, -0.05) is 0 Å². The molecule has 0 aromatic rings. The van der Waals surface area contributed by atoms with Gasteiger partial charge in [0.15, 0.2) is 0 Å². The Bertz CT molecular complexity index is 217. The van der Waals surface area contributed by atoms with Crippen LogP contribution in [0.1, 0.15) is 27.2 Å². The summed E-state index contributed by atoms with van der Waals surface area (Å²) in [5, 5.41) is 0. The second-order valence-electron chi connectivity index (χ2n) is 5.01. The van der Waals surface area contributed by atoms with Crippen molar-refractivity contribution in [3.05, 3.63) is 0 Å². The van der Waals surface area contributed by atoms with Gasteiger partial charge in [0, 0.05) is 38.1 Å². The van der Waals surface area contributed by atoms with Gasteiger partial charge in [-0.2, -0.15) is 12.6 Å². The highest BCUT2D eigenvalue weighted by molar-refractivity contribution is 7.80. The van der Waals surface area contributed by atoms with Crippen molar-refractivity contribution in [1.29, 1.82) is 0 Å². The van der Waals surface area contributed by atoms with E-state index in [0.717, 1.165) is 26.2 Å². The summed E-state index contributed by atoms with van der Waals surface area (Å²) in [6, 6.07) is 0. The van der Waals surface area contributed by atoms with Gasteiger partial charge in [0.2, 0.25) is 5.91 Å². The molecule has 0 aromatic carbocycles. The van der Waals surface area contributed by atoms with Crippen LogP contribution in [0.25, 0.3) is 0 Å². The lowest BCUT2D eigenvalue weighted by Gasteiger charge is -2.42. The number of carbonyl (C=O) groups excluding carboxylic acids is 1. The van der Waals surface area contributed by atoms with Crippen molar-refractivity contribution in [2.24, 2.45) is 0 Å². The van der Waals surface area contributed by atoms with Crippen LogP contribution < -0.4 is 0 Å². The molecule has 1 amide bonds. The first-order valence-electron chi connectivity index (χ1n) is 5.59. The second-order valence-corrected chi connectivity index (χ2v) is 5.46. The van der Waals surface area contributed by atoms with Crippen LogP contribution in [0.2, 0.25) is 0 Å². The quantitative estimate of drug-likeness (QED) is 0.722. The lowest BCUT2D eigenvalue weighted by atomic mass is 10.0. The van der Waals surface area contributed by atoms with Gasteiger partial charge in [-0.15, -0.1) is 0 Å². The van der Waals surface area contributed by atoms with Crippen molar-refractivity contribution >= 4 is 18.5 Å². The summed E-state index contributed by atoms with van der Waals surface area (Å²) in [6.45, 7) is 10.4. The van der Waals surface area contributed by atoms with Crippen LogP contribution in [0.4, 0.5) is 0 Å². The smallest absolute Gasteiger partial charge is 0.223 e.